The van der Waals surface area contributed by atoms with Gasteiger partial charge in [-0.1, -0.05) is 19.3 Å². The van der Waals surface area contributed by atoms with E-state index in [2.05, 4.69) is 5.32 Å². The van der Waals surface area contributed by atoms with Gasteiger partial charge in [-0.3, -0.25) is 4.79 Å². The predicted molar refractivity (Wildman–Crippen MR) is 70.6 cm³/mol. The molecule has 0 aromatic rings. The zero-order chi connectivity index (χ0) is 11.8. The Kier molecular flexibility index (Phi) is 6.88. The zero-order valence-electron chi connectivity index (χ0n) is 10.2. The van der Waals surface area contributed by atoms with Crippen LogP contribution in [0.1, 0.15) is 45.4 Å². The second kappa shape index (κ2) is 7.96. The number of carbonyl (C=O) groups is 1. The summed E-state index contributed by atoms with van der Waals surface area (Å²) >= 11 is 1.71. The molecule has 1 aliphatic rings. The molecule has 1 atom stereocenters. The fourth-order valence-electron chi connectivity index (χ4n) is 1.98. The van der Waals surface area contributed by atoms with Crippen molar-refractivity contribution in [3.8, 4) is 0 Å². The standard InChI is InChI=1S/C12H24N2OS/c1-10(16-9-5-8-13)12(15)14-11-6-3-2-4-7-11/h10-11H,2-9,13H2,1H3,(H,14,15). The summed E-state index contributed by atoms with van der Waals surface area (Å²) in [5.41, 5.74) is 5.43. The van der Waals surface area contributed by atoms with Crippen molar-refractivity contribution in [1.82, 2.24) is 5.32 Å². The van der Waals surface area contributed by atoms with E-state index in [4.69, 9.17) is 5.73 Å². The SMILES string of the molecule is CC(SCCCN)C(=O)NC1CCCCC1. The van der Waals surface area contributed by atoms with Crippen LogP contribution in [0.25, 0.3) is 0 Å². The number of rotatable bonds is 6. The van der Waals surface area contributed by atoms with Gasteiger partial charge in [0.1, 0.15) is 0 Å². The van der Waals surface area contributed by atoms with Gasteiger partial charge in [0.2, 0.25) is 5.91 Å². The molecule has 0 spiro atoms. The van der Waals surface area contributed by atoms with Crippen LogP contribution in [0.4, 0.5) is 0 Å². The van der Waals surface area contributed by atoms with Crippen LogP contribution in [-0.4, -0.2) is 29.5 Å². The first-order valence-corrected chi connectivity index (χ1v) is 7.41. The van der Waals surface area contributed by atoms with Gasteiger partial charge in [-0.25, -0.2) is 0 Å². The third-order valence-electron chi connectivity index (χ3n) is 3.04. The average molecular weight is 244 g/mol. The van der Waals surface area contributed by atoms with Crippen molar-refractivity contribution < 1.29 is 4.79 Å². The molecule has 4 heteroatoms. The lowest BCUT2D eigenvalue weighted by molar-refractivity contribution is -0.121. The highest BCUT2D eigenvalue weighted by Crippen LogP contribution is 2.18. The third-order valence-corrected chi connectivity index (χ3v) is 4.28. The van der Waals surface area contributed by atoms with Gasteiger partial charge >= 0.3 is 0 Å². The van der Waals surface area contributed by atoms with E-state index >= 15 is 0 Å². The summed E-state index contributed by atoms with van der Waals surface area (Å²) in [5.74, 6) is 1.18. The maximum Gasteiger partial charge on any atom is 0.233 e. The van der Waals surface area contributed by atoms with Crippen molar-refractivity contribution in [2.24, 2.45) is 5.73 Å². The fraction of sp³-hybridized carbons (Fsp3) is 0.917. The van der Waals surface area contributed by atoms with E-state index < -0.39 is 0 Å². The van der Waals surface area contributed by atoms with E-state index in [0.717, 1.165) is 25.0 Å². The van der Waals surface area contributed by atoms with Crippen LogP contribution < -0.4 is 11.1 Å². The molecule has 1 fully saturated rings. The molecule has 1 unspecified atom stereocenters. The van der Waals surface area contributed by atoms with Crippen molar-refractivity contribution in [1.29, 1.82) is 0 Å². The monoisotopic (exact) mass is 244 g/mol. The molecule has 0 aromatic heterocycles. The zero-order valence-corrected chi connectivity index (χ0v) is 11.0. The van der Waals surface area contributed by atoms with Crippen molar-refractivity contribution in [3.63, 3.8) is 0 Å². The summed E-state index contributed by atoms with van der Waals surface area (Å²) in [7, 11) is 0. The van der Waals surface area contributed by atoms with Crippen LogP contribution in [-0.2, 0) is 4.79 Å². The van der Waals surface area contributed by atoms with Crippen LogP contribution in [0.2, 0.25) is 0 Å². The molecule has 94 valence electrons. The first-order chi connectivity index (χ1) is 7.74. The molecule has 0 saturated heterocycles. The molecule has 0 radical (unpaired) electrons. The molecule has 3 N–H and O–H groups in total. The lowest BCUT2D eigenvalue weighted by atomic mass is 9.95. The molecule has 1 rings (SSSR count). The molecule has 1 saturated carbocycles. The normalized spacial score (nSPS) is 19.4. The Hall–Kier alpha value is -0.220. The highest BCUT2D eigenvalue weighted by molar-refractivity contribution is 8.00. The van der Waals surface area contributed by atoms with E-state index in [0.29, 0.717) is 12.6 Å². The smallest absolute Gasteiger partial charge is 0.233 e. The Morgan fingerprint density at radius 1 is 1.44 bits per heavy atom. The molecular weight excluding hydrogens is 220 g/mol. The van der Waals surface area contributed by atoms with Crippen LogP contribution in [0, 0.1) is 0 Å². The Labute approximate surface area is 103 Å². The van der Waals surface area contributed by atoms with Gasteiger partial charge in [-0.15, -0.1) is 11.8 Å². The Bertz CT molecular complexity index is 205. The molecule has 1 amide bonds. The summed E-state index contributed by atoms with van der Waals surface area (Å²) in [6.07, 6.45) is 7.16. The highest BCUT2D eigenvalue weighted by Gasteiger charge is 2.19. The molecule has 0 bridgehead atoms. The summed E-state index contributed by atoms with van der Waals surface area (Å²) in [4.78, 5) is 11.8. The van der Waals surface area contributed by atoms with Crippen molar-refractivity contribution >= 4 is 17.7 Å². The van der Waals surface area contributed by atoms with Crippen LogP contribution in [0.5, 0.6) is 0 Å². The fourth-order valence-corrected chi connectivity index (χ4v) is 2.89. The minimum atomic E-state index is 0.0634. The molecular formula is C12H24N2OS. The first kappa shape index (κ1) is 13.8. The number of nitrogens with two attached hydrogens (primary N) is 1. The molecule has 0 heterocycles. The van der Waals surface area contributed by atoms with Crippen LogP contribution >= 0.6 is 11.8 Å². The van der Waals surface area contributed by atoms with Gasteiger partial charge in [0.15, 0.2) is 0 Å². The lowest BCUT2D eigenvalue weighted by Gasteiger charge is -2.24. The number of nitrogens with one attached hydrogen (secondary N) is 1. The summed E-state index contributed by atoms with van der Waals surface area (Å²) in [6.45, 7) is 2.70. The van der Waals surface area contributed by atoms with Crippen molar-refractivity contribution in [3.05, 3.63) is 0 Å². The topological polar surface area (TPSA) is 55.1 Å². The second-order valence-electron chi connectivity index (χ2n) is 4.50. The first-order valence-electron chi connectivity index (χ1n) is 6.36. The van der Waals surface area contributed by atoms with Crippen molar-refractivity contribution in [2.45, 2.75) is 56.7 Å². The molecule has 3 nitrogen and oxygen atoms in total. The number of thioether (sulfide) groups is 1. The maximum atomic E-state index is 11.8. The minimum Gasteiger partial charge on any atom is -0.352 e. The molecule has 16 heavy (non-hydrogen) atoms. The Morgan fingerprint density at radius 2 is 2.12 bits per heavy atom. The Balaban J connectivity index is 2.16. The van der Waals surface area contributed by atoms with Gasteiger partial charge in [0.25, 0.3) is 0 Å². The summed E-state index contributed by atoms with van der Waals surface area (Å²) in [6, 6.07) is 0.429. The van der Waals surface area contributed by atoms with Gasteiger partial charge in [0.05, 0.1) is 5.25 Å². The quantitative estimate of drug-likeness (QED) is 0.702. The number of hydrogen-bond acceptors (Lipinski definition) is 3. The van der Waals surface area contributed by atoms with E-state index in [9.17, 15) is 4.79 Å². The largest absolute Gasteiger partial charge is 0.352 e. The van der Waals surface area contributed by atoms with Gasteiger partial charge in [-0.2, -0.15) is 0 Å². The summed E-state index contributed by atoms with van der Waals surface area (Å²) in [5, 5.41) is 3.22. The van der Waals surface area contributed by atoms with Crippen LogP contribution in [0.3, 0.4) is 0 Å². The number of carbonyl (C=O) groups excluding carboxylic acids is 1. The predicted octanol–water partition coefficient (Wildman–Crippen LogP) is 1.91. The van der Waals surface area contributed by atoms with Crippen LogP contribution in [0.15, 0.2) is 0 Å². The maximum absolute atomic E-state index is 11.8. The summed E-state index contributed by atoms with van der Waals surface area (Å²) < 4.78 is 0. The molecule has 0 aliphatic heterocycles. The van der Waals surface area contributed by atoms with E-state index in [1.165, 1.54) is 19.3 Å². The Morgan fingerprint density at radius 3 is 2.75 bits per heavy atom. The minimum absolute atomic E-state index is 0.0634. The van der Waals surface area contributed by atoms with Gasteiger partial charge < -0.3 is 11.1 Å². The van der Waals surface area contributed by atoms with Gasteiger partial charge in [0, 0.05) is 6.04 Å². The van der Waals surface area contributed by atoms with Gasteiger partial charge in [-0.05, 0) is 38.5 Å². The molecule has 0 aromatic carbocycles. The van der Waals surface area contributed by atoms with Crippen molar-refractivity contribution in [2.75, 3.05) is 12.3 Å². The van der Waals surface area contributed by atoms with E-state index in [1.807, 2.05) is 6.92 Å². The molecule has 1 aliphatic carbocycles. The highest BCUT2D eigenvalue weighted by atomic mass is 32.2. The second-order valence-corrected chi connectivity index (χ2v) is 5.95. The van der Waals surface area contributed by atoms with E-state index in [-0.39, 0.29) is 11.2 Å². The lowest BCUT2D eigenvalue weighted by Crippen LogP contribution is -2.40. The van der Waals surface area contributed by atoms with E-state index in [1.54, 1.807) is 11.8 Å². The third kappa shape index (κ3) is 5.21. The average Bonchev–Trinajstić information content (AvgIpc) is 2.30. The number of amides is 1. The number of hydrogen-bond donors (Lipinski definition) is 2.